The lowest BCUT2D eigenvalue weighted by atomic mass is 10.2. The molecular weight excluding hydrogens is 271 g/mol. The lowest BCUT2D eigenvalue weighted by Gasteiger charge is -2.11. The van der Waals surface area contributed by atoms with Gasteiger partial charge < -0.3 is 15.4 Å². The van der Waals surface area contributed by atoms with E-state index in [1.165, 1.54) is 18.2 Å². The molecule has 0 bridgehead atoms. The van der Waals surface area contributed by atoms with Crippen molar-refractivity contribution in [2.24, 2.45) is 0 Å². The van der Waals surface area contributed by atoms with Crippen molar-refractivity contribution in [1.82, 2.24) is 5.32 Å². The minimum Gasteiger partial charge on any atom is -0.494 e. The van der Waals surface area contributed by atoms with Gasteiger partial charge in [0.1, 0.15) is 11.6 Å². The molecule has 0 spiro atoms. The number of rotatable bonds is 5. The molecule has 21 heavy (non-hydrogen) atoms. The highest BCUT2D eigenvalue weighted by molar-refractivity contribution is 5.89. The van der Waals surface area contributed by atoms with Crippen molar-refractivity contribution in [3.05, 3.63) is 59.9 Å². The topological polar surface area (TPSA) is 50.4 Å². The number of halogens is 1. The van der Waals surface area contributed by atoms with Crippen LogP contribution in [0.5, 0.6) is 5.75 Å². The lowest BCUT2D eigenvalue weighted by molar-refractivity contribution is 0.251. The van der Waals surface area contributed by atoms with E-state index in [1.54, 1.807) is 6.07 Å². The number of hydrogen-bond acceptors (Lipinski definition) is 2. The van der Waals surface area contributed by atoms with Gasteiger partial charge in [-0.1, -0.05) is 24.3 Å². The fourth-order valence-electron chi connectivity index (χ4n) is 1.86. The van der Waals surface area contributed by atoms with Crippen molar-refractivity contribution in [1.29, 1.82) is 0 Å². The number of ether oxygens (including phenoxy) is 1. The van der Waals surface area contributed by atoms with Gasteiger partial charge >= 0.3 is 6.03 Å². The average Bonchev–Trinajstić information content (AvgIpc) is 2.47. The zero-order valence-electron chi connectivity index (χ0n) is 11.7. The molecule has 0 radical (unpaired) electrons. The molecule has 2 amide bonds. The largest absolute Gasteiger partial charge is 0.494 e. The van der Waals surface area contributed by atoms with Gasteiger partial charge in [-0.25, -0.2) is 9.18 Å². The Morgan fingerprint density at radius 3 is 2.76 bits per heavy atom. The predicted octanol–water partition coefficient (Wildman–Crippen LogP) is 3.55. The molecule has 4 nitrogen and oxygen atoms in total. The molecule has 0 aliphatic carbocycles. The lowest BCUT2D eigenvalue weighted by Crippen LogP contribution is -2.28. The Balaban J connectivity index is 1.92. The number of carbonyl (C=O) groups excluding carboxylic acids is 1. The van der Waals surface area contributed by atoms with Crippen LogP contribution in [0.1, 0.15) is 12.5 Å². The number of amides is 2. The molecule has 0 saturated carbocycles. The molecule has 0 saturated heterocycles. The maximum Gasteiger partial charge on any atom is 0.319 e. The minimum absolute atomic E-state index is 0.331. The van der Waals surface area contributed by atoms with Crippen LogP contribution in [0.25, 0.3) is 0 Å². The summed E-state index contributed by atoms with van der Waals surface area (Å²) >= 11 is 0. The average molecular weight is 288 g/mol. The van der Waals surface area contributed by atoms with Crippen molar-refractivity contribution in [3.8, 4) is 5.75 Å². The summed E-state index contributed by atoms with van der Waals surface area (Å²) in [5.41, 5.74) is 1.29. The Morgan fingerprint density at radius 2 is 2.00 bits per heavy atom. The standard InChI is InChI=1S/C16H17FN2O2/c1-2-21-15-9-4-3-6-12(15)11-18-16(20)19-14-8-5-7-13(17)10-14/h3-10H,2,11H2,1H3,(H2,18,19,20). The van der Waals surface area contributed by atoms with Crippen molar-refractivity contribution in [3.63, 3.8) is 0 Å². The maximum atomic E-state index is 13.0. The summed E-state index contributed by atoms with van der Waals surface area (Å²) in [6.45, 7) is 2.80. The molecule has 0 aliphatic rings. The molecule has 0 atom stereocenters. The van der Waals surface area contributed by atoms with E-state index in [1.807, 2.05) is 31.2 Å². The van der Waals surface area contributed by atoms with E-state index < -0.39 is 11.8 Å². The zero-order valence-corrected chi connectivity index (χ0v) is 11.7. The Morgan fingerprint density at radius 1 is 1.19 bits per heavy atom. The van der Waals surface area contributed by atoms with Gasteiger partial charge in [0.05, 0.1) is 6.61 Å². The van der Waals surface area contributed by atoms with Gasteiger partial charge in [0.2, 0.25) is 0 Å². The summed E-state index contributed by atoms with van der Waals surface area (Å²) in [6.07, 6.45) is 0. The quantitative estimate of drug-likeness (QED) is 0.884. The monoisotopic (exact) mass is 288 g/mol. The molecule has 2 N–H and O–H groups in total. The number of hydrogen-bond donors (Lipinski definition) is 2. The number of anilines is 1. The fraction of sp³-hybridized carbons (Fsp3) is 0.188. The smallest absolute Gasteiger partial charge is 0.319 e. The van der Waals surface area contributed by atoms with Gasteiger partial charge in [0.25, 0.3) is 0 Å². The molecule has 2 aromatic rings. The van der Waals surface area contributed by atoms with Gasteiger partial charge in [0.15, 0.2) is 0 Å². The van der Waals surface area contributed by atoms with Crippen LogP contribution < -0.4 is 15.4 Å². The number of urea groups is 1. The van der Waals surface area contributed by atoms with E-state index in [9.17, 15) is 9.18 Å². The van der Waals surface area contributed by atoms with E-state index in [0.29, 0.717) is 18.8 Å². The molecule has 5 heteroatoms. The molecule has 0 aliphatic heterocycles. The molecule has 0 aromatic heterocycles. The highest BCUT2D eigenvalue weighted by atomic mass is 19.1. The summed E-state index contributed by atoms with van der Waals surface area (Å²) in [5.74, 6) is 0.348. The van der Waals surface area contributed by atoms with E-state index in [0.717, 1.165) is 11.3 Å². The Hall–Kier alpha value is -2.56. The molecule has 2 aromatic carbocycles. The fourth-order valence-corrected chi connectivity index (χ4v) is 1.86. The third-order valence-corrected chi connectivity index (χ3v) is 2.79. The van der Waals surface area contributed by atoms with Crippen LogP contribution in [0, 0.1) is 5.82 Å². The maximum absolute atomic E-state index is 13.0. The summed E-state index contributed by atoms with van der Waals surface area (Å²) < 4.78 is 18.5. The second kappa shape index (κ2) is 7.28. The Labute approximate surface area is 122 Å². The van der Waals surface area contributed by atoms with Crippen LogP contribution in [0.4, 0.5) is 14.9 Å². The summed E-state index contributed by atoms with van der Waals surface area (Å²) in [4.78, 5) is 11.8. The van der Waals surface area contributed by atoms with Gasteiger partial charge in [-0.15, -0.1) is 0 Å². The zero-order chi connectivity index (χ0) is 15.1. The number of para-hydroxylation sites is 1. The van der Waals surface area contributed by atoms with E-state index in [-0.39, 0.29) is 0 Å². The molecule has 2 rings (SSSR count). The van der Waals surface area contributed by atoms with Crippen molar-refractivity contribution in [2.45, 2.75) is 13.5 Å². The predicted molar refractivity (Wildman–Crippen MR) is 79.9 cm³/mol. The van der Waals surface area contributed by atoms with E-state index in [2.05, 4.69) is 10.6 Å². The summed E-state index contributed by atoms with van der Waals surface area (Å²) in [6, 6.07) is 12.8. The SMILES string of the molecule is CCOc1ccccc1CNC(=O)Nc1cccc(F)c1. The second-order valence-corrected chi connectivity index (χ2v) is 4.36. The van der Waals surface area contributed by atoms with Gasteiger partial charge in [0, 0.05) is 17.8 Å². The first-order valence-electron chi connectivity index (χ1n) is 6.70. The first kappa shape index (κ1) is 14.8. The third kappa shape index (κ3) is 4.49. The molecular formula is C16H17FN2O2. The summed E-state index contributed by atoms with van der Waals surface area (Å²) in [5, 5.41) is 5.29. The second-order valence-electron chi connectivity index (χ2n) is 4.36. The van der Waals surface area contributed by atoms with Crippen LogP contribution in [-0.2, 0) is 6.54 Å². The molecule has 0 heterocycles. The van der Waals surface area contributed by atoms with Gasteiger partial charge in [-0.05, 0) is 31.2 Å². The highest BCUT2D eigenvalue weighted by Gasteiger charge is 2.06. The van der Waals surface area contributed by atoms with Gasteiger partial charge in [-0.3, -0.25) is 0 Å². The summed E-state index contributed by atoms with van der Waals surface area (Å²) in [7, 11) is 0. The molecule has 110 valence electrons. The van der Waals surface area contributed by atoms with Crippen LogP contribution in [-0.4, -0.2) is 12.6 Å². The first-order chi connectivity index (χ1) is 10.2. The number of nitrogens with one attached hydrogen (secondary N) is 2. The molecule has 0 unspecified atom stereocenters. The Bertz CT molecular complexity index is 617. The minimum atomic E-state index is -0.396. The first-order valence-corrected chi connectivity index (χ1v) is 6.70. The highest BCUT2D eigenvalue weighted by Crippen LogP contribution is 2.17. The van der Waals surface area contributed by atoms with Crippen LogP contribution >= 0.6 is 0 Å². The van der Waals surface area contributed by atoms with Crippen LogP contribution in [0.15, 0.2) is 48.5 Å². The van der Waals surface area contributed by atoms with Crippen molar-refractivity contribution in [2.75, 3.05) is 11.9 Å². The number of benzene rings is 2. The van der Waals surface area contributed by atoms with Gasteiger partial charge in [-0.2, -0.15) is 0 Å². The molecule has 0 fully saturated rings. The van der Waals surface area contributed by atoms with E-state index in [4.69, 9.17) is 4.74 Å². The Kier molecular flexibility index (Phi) is 5.15. The van der Waals surface area contributed by atoms with Crippen LogP contribution in [0.3, 0.4) is 0 Å². The third-order valence-electron chi connectivity index (χ3n) is 2.79. The normalized spacial score (nSPS) is 10.0. The van der Waals surface area contributed by atoms with Crippen molar-refractivity contribution >= 4 is 11.7 Å². The number of carbonyl (C=O) groups is 1. The van der Waals surface area contributed by atoms with Crippen molar-refractivity contribution < 1.29 is 13.9 Å². The van der Waals surface area contributed by atoms with E-state index >= 15 is 0 Å². The van der Waals surface area contributed by atoms with Crippen LogP contribution in [0.2, 0.25) is 0 Å².